The third-order valence-electron chi connectivity index (χ3n) is 4.40. The molecule has 1 aliphatic heterocycles. The monoisotopic (exact) mass is 208 g/mol. The maximum Gasteiger partial charge on any atom is 0.00966 e. The van der Waals surface area contributed by atoms with Crippen LogP contribution in [0.4, 0.5) is 0 Å². The van der Waals surface area contributed by atoms with E-state index in [9.17, 15) is 0 Å². The second-order valence-electron chi connectivity index (χ2n) is 6.02. The zero-order valence-corrected chi connectivity index (χ0v) is 9.91. The second kappa shape index (κ2) is 4.06. The molecule has 2 aliphatic carbocycles. The van der Waals surface area contributed by atoms with Gasteiger partial charge in [-0.1, -0.05) is 6.92 Å². The average molecular weight is 208 g/mol. The van der Waals surface area contributed by atoms with E-state index in [-0.39, 0.29) is 0 Å². The lowest BCUT2D eigenvalue weighted by Gasteiger charge is -2.27. The Morgan fingerprint density at radius 1 is 1.07 bits per heavy atom. The largest absolute Gasteiger partial charge is 0.316 e. The van der Waals surface area contributed by atoms with Crippen LogP contribution in [0.25, 0.3) is 0 Å². The molecule has 2 atom stereocenters. The molecule has 86 valence electrons. The first-order chi connectivity index (χ1) is 7.33. The summed E-state index contributed by atoms with van der Waals surface area (Å²) in [6.07, 6.45) is 5.95. The van der Waals surface area contributed by atoms with Crippen LogP contribution in [0.2, 0.25) is 0 Å². The van der Waals surface area contributed by atoms with E-state index in [0.29, 0.717) is 0 Å². The Balaban J connectivity index is 1.52. The van der Waals surface area contributed by atoms with E-state index in [1.165, 1.54) is 51.9 Å². The topological polar surface area (TPSA) is 15.3 Å². The van der Waals surface area contributed by atoms with Crippen LogP contribution >= 0.6 is 0 Å². The summed E-state index contributed by atoms with van der Waals surface area (Å²) in [4.78, 5) is 2.81. The fraction of sp³-hybridized carbons (Fsp3) is 1.00. The van der Waals surface area contributed by atoms with Gasteiger partial charge in [0, 0.05) is 19.1 Å². The number of nitrogens with zero attached hydrogens (tertiary/aromatic N) is 1. The Kier molecular flexibility index (Phi) is 2.73. The molecule has 2 heteroatoms. The molecule has 0 bridgehead atoms. The highest BCUT2D eigenvalue weighted by molar-refractivity contribution is 4.91. The summed E-state index contributed by atoms with van der Waals surface area (Å²) in [5.41, 5.74) is 0. The Bertz CT molecular complexity index is 221. The number of hydrogen-bond acceptors (Lipinski definition) is 2. The third kappa shape index (κ3) is 2.54. The molecule has 0 aromatic rings. The Hall–Kier alpha value is -0.0800. The molecule has 2 saturated carbocycles. The van der Waals surface area contributed by atoms with E-state index in [4.69, 9.17) is 0 Å². The maximum atomic E-state index is 3.53. The summed E-state index contributed by atoms with van der Waals surface area (Å²) >= 11 is 0. The molecule has 0 amide bonds. The summed E-state index contributed by atoms with van der Waals surface area (Å²) < 4.78 is 0. The van der Waals surface area contributed by atoms with Gasteiger partial charge in [0.15, 0.2) is 0 Å². The highest BCUT2D eigenvalue weighted by Gasteiger charge is 2.36. The van der Waals surface area contributed by atoms with Crippen LogP contribution < -0.4 is 5.32 Å². The molecular formula is C13H24N2. The number of hydrogen-bond donors (Lipinski definition) is 1. The van der Waals surface area contributed by atoms with Gasteiger partial charge in [-0.3, -0.25) is 4.90 Å². The third-order valence-corrected chi connectivity index (χ3v) is 4.40. The fourth-order valence-electron chi connectivity index (χ4n) is 2.85. The lowest BCUT2D eigenvalue weighted by atomic mass is 9.97. The quantitative estimate of drug-likeness (QED) is 0.740. The van der Waals surface area contributed by atoms with Crippen molar-refractivity contribution in [3.05, 3.63) is 0 Å². The molecule has 0 radical (unpaired) electrons. The Morgan fingerprint density at radius 2 is 1.87 bits per heavy atom. The van der Waals surface area contributed by atoms with Crippen LogP contribution in [-0.2, 0) is 0 Å². The van der Waals surface area contributed by atoms with Crippen LogP contribution in [0.3, 0.4) is 0 Å². The van der Waals surface area contributed by atoms with Crippen molar-refractivity contribution in [3.63, 3.8) is 0 Å². The van der Waals surface area contributed by atoms with Crippen molar-refractivity contribution in [3.8, 4) is 0 Å². The lowest BCUT2D eigenvalue weighted by Crippen LogP contribution is -2.35. The fourth-order valence-corrected chi connectivity index (χ4v) is 2.85. The van der Waals surface area contributed by atoms with Gasteiger partial charge >= 0.3 is 0 Å². The molecule has 3 aliphatic rings. The van der Waals surface area contributed by atoms with Crippen molar-refractivity contribution in [1.29, 1.82) is 0 Å². The summed E-state index contributed by atoms with van der Waals surface area (Å²) in [5, 5.41) is 3.53. The molecule has 0 aromatic heterocycles. The van der Waals surface area contributed by atoms with Gasteiger partial charge in [0.25, 0.3) is 0 Å². The van der Waals surface area contributed by atoms with Crippen molar-refractivity contribution in [2.75, 3.05) is 26.2 Å². The summed E-state index contributed by atoms with van der Waals surface area (Å²) in [5.74, 6) is 2.88. The van der Waals surface area contributed by atoms with E-state index in [0.717, 1.165) is 23.8 Å². The molecule has 2 nitrogen and oxygen atoms in total. The van der Waals surface area contributed by atoms with Gasteiger partial charge < -0.3 is 5.32 Å². The van der Waals surface area contributed by atoms with Crippen LogP contribution in [0.1, 0.15) is 32.6 Å². The molecule has 1 heterocycles. The first-order valence-corrected chi connectivity index (χ1v) is 6.77. The van der Waals surface area contributed by atoms with Crippen molar-refractivity contribution in [1.82, 2.24) is 10.2 Å². The minimum Gasteiger partial charge on any atom is -0.316 e. The average Bonchev–Trinajstić information content (AvgIpc) is 3.10. The molecular weight excluding hydrogens is 184 g/mol. The van der Waals surface area contributed by atoms with Gasteiger partial charge in [0.1, 0.15) is 0 Å². The highest BCUT2D eigenvalue weighted by atomic mass is 15.2. The van der Waals surface area contributed by atoms with Crippen molar-refractivity contribution < 1.29 is 0 Å². The van der Waals surface area contributed by atoms with Crippen molar-refractivity contribution in [2.45, 2.75) is 38.6 Å². The van der Waals surface area contributed by atoms with Crippen LogP contribution in [0, 0.1) is 17.8 Å². The van der Waals surface area contributed by atoms with E-state index in [1.54, 1.807) is 0 Å². The molecule has 0 spiro atoms. The minimum atomic E-state index is 0.894. The van der Waals surface area contributed by atoms with Crippen LogP contribution in [-0.4, -0.2) is 37.1 Å². The summed E-state index contributed by atoms with van der Waals surface area (Å²) in [6, 6.07) is 0.971. The molecule has 1 saturated heterocycles. The molecule has 1 N–H and O–H groups in total. The number of nitrogens with one attached hydrogen (secondary N) is 1. The zero-order chi connectivity index (χ0) is 10.3. The molecule has 0 aromatic carbocycles. The van der Waals surface area contributed by atoms with Gasteiger partial charge in [-0.25, -0.2) is 0 Å². The first kappa shape index (κ1) is 10.1. The van der Waals surface area contributed by atoms with Crippen molar-refractivity contribution >= 4 is 0 Å². The van der Waals surface area contributed by atoms with E-state index in [2.05, 4.69) is 17.1 Å². The lowest BCUT2D eigenvalue weighted by molar-refractivity contribution is 0.202. The van der Waals surface area contributed by atoms with Gasteiger partial charge in [0.05, 0.1) is 0 Å². The van der Waals surface area contributed by atoms with E-state index in [1.807, 2.05) is 0 Å². The maximum absolute atomic E-state index is 3.53. The number of rotatable bonds is 5. The van der Waals surface area contributed by atoms with Gasteiger partial charge in [-0.2, -0.15) is 0 Å². The van der Waals surface area contributed by atoms with Crippen LogP contribution in [0.5, 0.6) is 0 Å². The highest BCUT2D eigenvalue weighted by Crippen LogP contribution is 2.35. The Morgan fingerprint density at radius 3 is 2.40 bits per heavy atom. The second-order valence-corrected chi connectivity index (χ2v) is 6.02. The normalized spacial score (nSPS) is 36.4. The molecule has 15 heavy (non-hydrogen) atoms. The zero-order valence-electron chi connectivity index (χ0n) is 9.91. The Labute approximate surface area is 93.4 Å². The smallest absolute Gasteiger partial charge is 0.00966 e. The minimum absolute atomic E-state index is 0.894. The van der Waals surface area contributed by atoms with Gasteiger partial charge in [-0.15, -0.1) is 0 Å². The summed E-state index contributed by atoms with van der Waals surface area (Å²) in [7, 11) is 0. The van der Waals surface area contributed by atoms with E-state index >= 15 is 0 Å². The summed E-state index contributed by atoms with van der Waals surface area (Å²) in [6.45, 7) is 7.69. The predicted molar refractivity (Wildman–Crippen MR) is 62.8 cm³/mol. The van der Waals surface area contributed by atoms with Crippen molar-refractivity contribution in [2.24, 2.45) is 17.8 Å². The first-order valence-electron chi connectivity index (χ1n) is 6.77. The van der Waals surface area contributed by atoms with Gasteiger partial charge in [0.2, 0.25) is 0 Å². The predicted octanol–water partition coefficient (Wildman–Crippen LogP) is 1.72. The molecule has 3 fully saturated rings. The standard InChI is InChI=1S/C13H24N2/c1-10-6-14-7-12(10)9-15(13-4-5-13)8-11-2-3-11/h10-14H,2-9H2,1H3/t10-,12+/m1/s1. The van der Waals surface area contributed by atoms with Gasteiger partial charge in [-0.05, 0) is 56.5 Å². The SMILES string of the molecule is C[C@@H]1CNC[C@H]1CN(CC1CC1)C1CC1. The van der Waals surface area contributed by atoms with Crippen LogP contribution in [0.15, 0.2) is 0 Å². The molecule has 3 rings (SSSR count). The van der Waals surface area contributed by atoms with E-state index < -0.39 is 0 Å². The molecule has 0 unspecified atom stereocenters.